The highest BCUT2D eigenvalue weighted by atomic mass is 35.5. The first-order valence-corrected chi connectivity index (χ1v) is 5.38. The lowest BCUT2D eigenvalue weighted by Crippen LogP contribution is -2.15. The summed E-state index contributed by atoms with van der Waals surface area (Å²) < 4.78 is 18.6. The Labute approximate surface area is 111 Å². The summed E-state index contributed by atoms with van der Waals surface area (Å²) in [5, 5.41) is -0.317. The van der Waals surface area contributed by atoms with Crippen LogP contribution in [0.25, 0.3) is 0 Å². The van der Waals surface area contributed by atoms with Crippen LogP contribution in [0.5, 0.6) is 11.6 Å². The molecule has 0 unspecified atom stereocenters. The Morgan fingerprint density at radius 2 is 2.21 bits per heavy atom. The van der Waals surface area contributed by atoms with E-state index in [0.29, 0.717) is 0 Å². The minimum absolute atomic E-state index is 0.174. The third-order valence-corrected chi connectivity index (χ3v) is 2.53. The van der Waals surface area contributed by atoms with Crippen LogP contribution in [0.15, 0.2) is 29.3 Å². The summed E-state index contributed by atoms with van der Waals surface area (Å²) in [4.78, 5) is 28.3. The van der Waals surface area contributed by atoms with Gasteiger partial charge in [-0.15, -0.1) is 0 Å². The maximum absolute atomic E-state index is 13.5. The molecule has 0 aliphatic carbocycles. The fraction of sp³-hybridized carbons (Fsp3) is 0. The minimum atomic E-state index is -1.01. The highest BCUT2D eigenvalue weighted by Crippen LogP contribution is 2.28. The molecular formula is C11H7ClFN3O3. The average Bonchev–Trinajstić information content (AvgIpc) is 2.34. The van der Waals surface area contributed by atoms with E-state index in [2.05, 4.69) is 9.97 Å². The molecule has 1 amide bonds. The van der Waals surface area contributed by atoms with Crippen molar-refractivity contribution in [2.45, 2.75) is 0 Å². The Bertz CT molecular complexity index is 702. The van der Waals surface area contributed by atoms with E-state index in [1.807, 2.05) is 0 Å². The van der Waals surface area contributed by atoms with Gasteiger partial charge in [-0.1, -0.05) is 17.7 Å². The lowest BCUT2D eigenvalue weighted by atomic mass is 10.2. The molecule has 6 nitrogen and oxygen atoms in total. The predicted octanol–water partition coefficient (Wildman–Crippen LogP) is 1.45. The lowest BCUT2D eigenvalue weighted by molar-refractivity contribution is 0.0994. The number of H-pyrrole nitrogens is 1. The van der Waals surface area contributed by atoms with Crippen LogP contribution in [0, 0.1) is 5.82 Å². The van der Waals surface area contributed by atoms with Crippen molar-refractivity contribution >= 4 is 17.5 Å². The molecule has 0 saturated heterocycles. The van der Waals surface area contributed by atoms with Gasteiger partial charge in [-0.25, -0.2) is 9.37 Å². The number of ether oxygens (including phenoxy) is 1. The number of benzene rings is 1. The van der Waals surface area contributed by atoms with E-state index < -0.39 is 22.8 Å². The number of amides is 1. The van der Waals surface area contributed by atoms with Crippen molar-refractivity contribution in [3.8, 4) is 11.6 Å². The molecule has 2 rings (SSSR count). The summed E-state index contributed by atoms with van der Waals surface area (Å²) in [5.41, 5.74) is 3.99. The van der Waals surface area contributed by atoms with E-state index in [1.165, 1.54) is 12.1 Å². The standard InChI is InChI=1S/C11H7ClFN3O3/c12-8-10(18)15-4-16-11(8)19-6-3-1-2-5(13)7(6)9(14)17/h1-4H,(H2,14,17)(H,15,16,18). The molecule has 0 fully saturated rings. The molecule has 0 spiro atoms. The van der Waals surface area contributed by atoms with Gasteiger partial charge in [0.1, 0.15) is 17.1 Å². The maximum Gasteiger partial charge on any atom is 0.273 e. The van der Waals surface area contributed by atoms with Crippen LogP contribution in [0.3, 0.4) is 0 Å². The number of primary amides is 1. The van der Waals surface area contributed by atoms with Crippen LogP contribution in [0.4, 0.5) is 4.39 Å². The zero-order chi connectivity index (χ0) is 14.0. The van der Waals surface area contributed by atoms with Gasteiger partial charge in [0.25, 0.3) is 11.5 Å². The number of rotatable bonds is 3. The summed E-state index contributed by atoms with van der Waals surface area (Å²) in [6, 6.07) is 3.68. The molecule has 0 bridgehead atoms. The molecule has 3 N–H and O–H groups in total. The molecule has 98 valence electrons. The molecule has 1 aromatic heterocycles. The highest BCUT2D eigenvalue weighted by molar-refractivity contribution is 6.31. The van der Waals surface area contributed by atoms with Gasteiger partial charge in [0, 0.05) is 0 Å². The van der Waals surface area contributed by atoms with Crippen molar-refractivity contribution in [1.29, 1.82) is 0 Å². The number of nitrogens with one attached hydrogen (secondary N) is 1. The summed E-state index contributed by atoms with van der Waals surface area (Å²) in [6.45, 7) is 0. The first-order chi connectivity index (χ1) is 9.00. The topological polar surface area (TPSA) is 98.1 Å². The second-order valence-electron chi connectivity index (χ2n) is 3.43. The number of hydrogen-bond donors (Lipinski definition) is 2. The lowest BCUT2D eigenvalue weighted by Gasteiger charge is -2.09. The Hall–Kier alpha value is -2.41. The van der Waals surface area contributed by atoms with E-state index in [9.17, 15) is 14.0 Å². The van der Waals surface area contributed by atoms with Crippen molar-refractivity contribution in [2.75, 3.05) is 0 Å². The molecule has 0 radical (unpaired) electrons. The third kappa shape index (κ3) is 2.55. The van der Waals surface area contributed by atoms with E-state index >= 15 is 0 Å². The Morgan fingerprint density at radius 1 is 1.47 bits per heavy atom. The predicted molar refractivity (Wildman–Crippen MR) is 64.9 cm³/mol. The zero-order valence-corrected chi connectivity index (χ0v) is 10.1. The summed E-state index contributed by atoms with van der Waals surface area (Å²) in [5.74, 6) is -2.27. The van der Waals surface area contributed by atoms with Gasteiger partial charge < -0.3 is 15.5 Å². The number of carbonyl (C=O) groups is 1. The Morgan fingerprint density at radius 3 is 2.89 bits per heavy atom. The van der Waals surface area contributed by atoms with Gasteiger partial charge in [-0.3, -0.25) is 9.59 Å². The number of halogens is 2. The number of aromatic amines is 1. The first-order valence-electron chi connectivity index (χ1n) is 5.00. The molecule has 1 heterocycles. The quantitative estimate of drug-likeness (QED) is 0.891. The van der Waals surface area contributed by atoms with Crippen LogP contribution < -0.4 is 16.0 Å². The minimum Gasteiger partial charge on any atom is -0.436 e. The summed E-state index contributed by atoms with van der Waals surface area (Å²) in [7, 11) is 0. The van der Waals surface area contributed by atoms with E-state index in [0.717, 1.165) is 12.4 Å². The van der Waals surface area contributed by atoms with Crippen molar-refractivity contribution in [1.82, 2.24) is 9.97 Å². The number of carbonyl (C=O) groups excluding carboxylic acids is 1. The number of aromatic nitrogens is 2. The zero-order valence-electron chi connectivity index (χ0n) is 9.31. The smallest absolute Gasteiger partial charge is 0.273 e. The first kappa shape index (κ1) is 13.0. The molecule has 1 aromatic carbocycles. The van der Waals surface area contributed by atoms with E-state index in [1.54, 1.807) is 0 Å². The maximum atomic E-state index is 13.5. The SMILES string of the molecule is NC(=O)c1c(F)cccc1Oc1nc[nH]c(=O)c1Cl. The van der Waals surface area contributed by atoms with Crippen molar-refractivity contribution < 1.29 is 13.9 Å². The molecule has 0 saturated carbocycles. The van der Waals surface area contributed by atoms with Gasteiger partial charge in [-0.2, -0.15) is 0 Å². The number of hydrogen-bond acceptors (Lipinski definition) is 4. The molecule has 19 heavy (non-hydrogen) atoms. The van der Waals surface area contributed by atoms with Crippen LogP contribution in [0.1, 0.15) is 10.4 Å². The third-order valence-electron chi connectivity index (χ3n) is 2.19. The fourth-order valence-electron chi connectivity index (χ4n) is 1.37. The molecule has 2 aromatic rings. The summed E-state index contributed by atoms with van der Waals surface area (Å²) in [6.07, 6.45) is 1.06. The van der Waals surface area contributed by atoms with Gasteiger partial charge in [-0.05, 0) is 12.1 Å². The molecule has 0 aliphatic rings. The fourth-order valence-corrected chi connectivity index (χ4v) is 1.51. The largest absolute Gasteiger partial charge is 0.436 e. The van der Waals surface area contributed by atoms with Crippen LogP contribution in [-0.4, -0.2) is 15.9 Å². The second kappa shape index (κ2) is 5.07. The normalized spacial score (nSPS) is 10.2. The number of nitrogens with zero attached hydrogens (tertiary/aromatic N) is 1. The van der Waals surface area contributed by atoms with Crippen LogP contribution in [-0.2, 0) is 0 Å². The number of nitrogens with two attached hydrogens (primary N) is 1. The van der Waals surface area contributed by atoms with Gasteiger partial charge >= 0.3 is 0 Å². The van der Waals surface area contributed by atoms with Gasteiger partial charge in [0.2, 0.25) is 5.88 Å². The monoisotopic (exact) mass is 283 g/mol. The van der Waals surface area contributed by atoms with Crippen molar-refractivity contribution in [2.24, 2.45) is 5.73 Å². The van der Waals surface area contributed by atoms with Crippen LogP contribution >= 0.6 is 11.6 Å². The van der Waals surface area contributed by atoms with Crippen molar-refractivity contribution in [3.05, 3.63) is 51.3 Å². The average molecular weight is 284 g/mol. The van der Waals surface area contributed by atoms with Crippen LogP contribution in [0.2, 0.25) is 5.02 Å². The molecule has 8 heteroatoms. The van der Waals surface area contributed by atoms with E-state index in [-0.39, 0.29) is 16.7 Å². The molecule has 0 aliphatic heterocycles. The summed E-state index contributed by atoms with van der Waals surface area (Å²) >= 11 is 5.67. The van der Waals surface area contributed by atoms with E-state index in [4.69, 9.17) is 22.1 Å². The highest BCUT2D eigenvalue weighted by Gasteiger charge is 2.17. The molecular weight excluding hydrogens is 277 g/mol. The Kier molecular flexibility index (Phi) is 3.48. The van der Waals surface area contributed by atoms with Crippen molar-refractivity contribution in [3.63, 3.8) is 0 Å². The molecule has 0 atom stereocenters. The van der Waals surface area contributed by atoms with Gasteiger partial charge in [0.15, 0.2) is 5.02 Å². The van der Waals surface area contributed by atoms with Gasteiger partial charge in [0.05, 0.1) is 6.33 Å². The second-order valence-corrected chi connectivity index (χ2v) is 3.81. The Balaban J connectivity index is 2.50.